The van der Waals surface area contributed by atoms with E-state index < -0.39 is 10.0 Å². The molecular formula is C14H22N2O2S2. The molecule has 0 aliphatic heterocycles. The molecule has 0 unspecified atom stereocenters. The van der Waals surface area contributed by atoms with Crippen LogP contribution in [0.3, 0.4) is 0 Å². The van der Waals surface area contributed by atoms with Crippen molar-refractivity contribution in [2.75, 3.05) is 13.6 Å². The minimum atomic E-state index is -3.29. The summed E-state index contributed by atoms with van der Waals surface area (Å²) in [6, 6.07) is 2.10. The van der Waals surface area contributed by atoms with Crippen LogP contribution in [0.2, 0.25) is 0 Å². The molecule has 1 aromatic heterocycles. The number of hydrogen-bond donors (Lipinski definition) is 1. The number of hydrogen-bond acceptors (Lipinski definition) is 4. The highest BCUT2D eigenvalue weighted by Crippen LogP contribution is 2.39. The van der Waals surface area contributed by atoms with Crippen molar-refractivity contribution in [2.45, 2.75) is 49.4 Å². The Morgan fingerprint density at radius 3 is 2.60 bits per heavy atom. The van der Waals surface area contributed by atoms with Gasteiger partial charge < -0.3 is 5.32 Å². The van der Waals surface area contributed by atoms with Gasteiger partial charge in [0.2, 0.25) is 0 Å². The largest absolute Gasteiger partial charge is 0.315 e. The van der Waals surface area contributed by atoms with E-state index in [2.05, 4.69) is 5.32 Å². The quantitative estimate of drug-likeness (QED) is 0.840. The number of thiophene rings is 1. The standard InChI is InChI=1S/C14H22N2O2S2/c1-10-7-14(19-13(10)8-15-2)20(17,18)16(12-5-6-12)9-11-3-4-11/h7,11-12,15H,3-6,8-9H2,1-2H3. The Kier molecular flexibility index (Phi) is 3.92. The normalized spacial score (nSPS) is 19.8. The van der Waals surface area contributed by atoms with Gasteiger partial charge in [0.05, 0.1) is 0 Å². The Morgan fingerprint density at radius 2 is 2.05 bits per heavy atom. The fourth-order valence-corrected chi connectivity index (χ4v) is 5.92. The molecule has 0 amide bonds. The highest BCUT2D eigenvalue weighted by Gasteiger charge is 2.41. The van der Waals surface area contributed by atoms with Gasteiger partial charge in [-0.15, -0.1) is 11.3 Å². The summed E-state index contributed by atoms with van der Waals surface area (Å²) < 4.78 is 28.0. The second-order valence-corrected chi connectivity index (χ2v) is 9.21. The SMILES string of the molecule is CNCc1sc(S(=O)(=O)N(CC2CC2)C2CC2)cc1C. The summed E-state index contributed by atoms with van der Waals surface area (Å²) in [5.74, 6) is 0.600. The van der Waals surface area contributed by atoms with Gasteiger partial charge in [0.25, 0.3) is 10.0 Å². The molecule has 3 rings (SSSR count). The average Bonchev–Trinajstić information content (AvgIpc) is 3.28. The Morgan fingerprint density at radius 1 is 1.35 bits per heavy atom. The molecular weight excluding hydrogens is 292 g/mol. The van der Waals surface area contributed by atoms with Crippen molar-refractivity contribution in [1.82, 2.24) is 9.62 Å². The Labute approximate surface area is 125 Å². The third-order valence-electron chi connectivity index (χ3n) is 3.99. The van der Waals surface area contributed by atoms with Gasteiger partial charge in [-0.2, -0.15) is 4.31 Å². The molecule has 1 aromatic rings. The topological polar surface area (TPSA) is 49.4 Å². The van der Waals surface area contributed by atoms with Crippen molar-refractivity contribution in [3.05, 3.63) is 16.5 Å². The Hall–Kier alpha value is -0.430. The van der Waals surface area contributed by atoms with Crippen LogP contribution >= 0.6 is 11.3 Å². The molecule has 0 bridgehead atoms. The van der Waals surface area contributed by atoms with Gasteiger partial charge in [-0.1, -0.05) is 0 Å². The summed E-state index contributed by atoms with van der Waals surface area (Å²) in [5.41, 5.74) is 1.07. The number of sulfonamides is 1. The van der Waals surface area contributed by atoms with Gasteiger partial charge in [0.1, 0.15) is 4.21 Å². The van der Waals surface area contributed by atoms with Crippen LogP contribution in [0.15, 0.2) is 10.3 Å². The Bertz CT molecular complexity index is 586. The van der Waals surface area contributed by atoms with Crippen LogP contribution in [0.1, 0.15) is 36.1 Å². The van der Waals surface area contributed by atoms with Crippen LogP contribution < -0.4 is 5.32 Å². The second-order valence-electron chi connectivity index (χ2n) is 5.95. The molecule has 2 fully saturated rings. The molecule has 2 saturated carbocycles. The van der Waals surface area contributed by atoms with E-state index in [-0.39, 0.29) is 6.04 Å². The number of nitrogens with zero attached hydrogens (tertiary/aromatic N) is 1. The third-order valence-corrected chi connectivity index (χ3v) is 7.59. The van der Waals surface area contributed by atoms with Gasteiger partial charge in [0.15, 0.2) is 0 Å². The first-order valence-electron chi connectivity index (χ1n) is 7.28. The molecule has 0 radical (unpaired) electrons. The molecule has 6 heteroatoms. The van der Waals surface area contributed by atoms with E-state index in [1.165, 1.54) is 24.2 Å². The summed E-state index contributed by atoms with van der Waals surface area (Å²) in [4.78, 5) is 1.12. The molecule has 0 atom stereocenters. The third kappa shape index (κ3) is 2.93. The van der Waals surface area contributed by atoms with E-state index in [1.807, 2.05) is 20.0 Å². The van der Waals surface area contributed by atoms with Crippen molar-refractivity contribution in [1.29, 1.82) is 0 Å². The molecule has 20 heavy (non-hydrogen) atoms. The summed E-state index contributed by atoms with van der Waals surface area (Å²) in [6.45, 7) is 3.45. The van der Waals surface area contributed by atoms with Gasteiger partial charge >= 0.3 is 0 Å². The lowest BCUT2D eigenvalue weighted by molar-refractivity contribution is 0.390. The van der Waals surface area contributed by atoms with Crippen molar-refractivity contribution >= 4 is 21.4 Å². The molecule has 0 spiro atoms. The lowest BCUT2D eigenvalue weighted by Crippen LogP contribution is -2.34. The molecule has 1 N–H and O–H groups in total. The van der Waals surface area contributed by atoms with E-state index in [4.69, 9.17) is 0 Å². The number of nitrogens with one attached hydrogen (secondary N) is 1. The maximum absolute atomic E-state index is 12.9. The van der Waals surface area contributed by atoms with Crippen LogP contribution in [-0.4, -0.2) is 32.4 Å². The molecule has 0 saturated heterocycles. The predicted octanol–water partition coefficient (Wildman–Crippen LogP) is 2.34. The Balaban J connectivity index is 1.86. The zero-order chi connectivity index (χ0) is 14.3. The van der Waals surface area contributed by atoms with Crippen molar-refractivity contribution in [2.24, 2.45) is 5.92 Å². The van der Waals surface area contributed by atoms with Crippen molar-refractivity contribution in [3.8, 4) is 0 Å². The highest BCUT2D eigenvalue weighted by atomic mass is 32.2. The zero-order valence-electron chi connectivity index (χ0n) is 12.1. The van der Waals surface area contributed by atoms with Crippen LogP contribution in [0, 0.1) is 12.8 Å². The first-order valence-corrected chi connectivity index (χ1v) is 9.53. The van der Waals surface area contributed by atoms with Crippen molar-refractivity contribution in [3.63, 3.8) is 0 Å². The minimum Gasteiger partial charge on any atom is -0.315 e. The van der Waals surface area contributed by atoms with Gasteiger partial charge in [-0.05, 0) is 57.2 Å². The first kappa shape index (κ1) is 14.5. The maximum atomic E-state index is 12.9. The summed E-state index contributed by atoms with van der Waals surface area (Å²) >= 11 is 1.42. The maximum Gasteiger partial charge on any atom is 0.252 e. The van der Waals surface area contributed by atoms with E-state index >= 15 is 0 Å². The monoisotopic (exact) mass is 314 g/mol. The summed E-state index contributed by atoms with van der Waals surface area (Å²) in [6.07, 6.45) is 4.43. The lowest BCUT2D eigenvalue weighted by Gasteiger charge is -2.20. The molecule has 4 nitrogen and oxygen atoms in total. The van der Waals surface area contributed by atoms with Gasteiger partial charge in [-0.25, -0.2) is 8.42 Å². The van der Waals surface area contributed by atoms with E-state index in [9.17, 15) is 8.42 Å². The molecule has 2 aliphatic rings. The molecule has 112 valence electrons. The predicted molar refractivity (Wildman–Crippen MR) is 81.5 cm³/mol. The average molecular weight is 314 g/mol. The van der Waals surface area contributed by atoms with Crippen molar-refractivity contribution < 1.29 is 8.42 Å². The van der Waals surface area contributed by atoms with E-state index in [1.54, 1.807) is 4.31 Å². The lowest BCUT2D eigenvalue weighted by atomic mass is 10.3. The van der Waals surface area contributed by atoms with Crippen LogP contribution in [0.5, 0.6) is 0 Å². The van der Waals surface area contributed by atoms with E-state index in [0.29, 0.717) is 10.1 Å². The van der Waals surface area contributed by atoms with Crippen LogP contribution in [0.4, 0.5) is 0 Å². The first-order chi connectivity index (χ1) is 9.52. The summed E-state index contributed by atoms with van der Waals surface area (Å²) in [7, 11) is -1.40. The number of rotatable bonds is 7. The second kappa shape index (κ2) is 5.40. The van der Waals surface area contributed by atoms with Gasteiger partial charge in [-0.3, -0.25) is 0 Å². The molecule has 0 aromatic carbocycles. The summed E-state index contributed by atoms with van der Waals surface area (Å²) in [5, 5.41) is 3.10. The van der Waals surface area contributed by atoms with Crippen LogP contribution in [-0.2, 0) is 16.6 Å². The van der Waals surface area contributed by atoms with Gasteiger partial charge in [0, 0.05) is 24.0 Å². The fourth-order valence-electron chi connectivity index (χ4n) is 2.43. The smallest absolute Gasteiger partial charge is 0.252 e. The zero-order valence-corrected chi connectivity index (χ0v) is 13.7. The molecule has 1 heterocycles. The highest BCUT2D eigenvalue weighted by molar-refractivity contribution is 7.91. The fraction of sp³-hybridized carbons (Fsp3) is 0.714. The minimum absolute atomic E-state index is 0.260. The van der Waals surface area contributed by atoms with E-state index in [0.717, 1.165) is 36.4 Å². The van der Waals surface area contributed by atoms with Crippen LogP contribution in [0.25, 0.3) is 0 Å². The molecule has 2 aliphatic carbocycles. The number of aryl methyl sites for hydroxylation is 1.